The minimum atomic E-state index is -3.72. The van der Waals surface area contributed by atoms with Gasteiger partial charge >= 0.3 is 0 Å². The number of amidine groups is 1. The van der Waals surface area contributed by atoms with Gasteiger partial charge in [-0.3, -0.25) is 4.79 Å². The molecule has 1 aromatic heterocycles. The van der Waals surface area contributed by atoms with Crippen LogP contribution in [0.25, 0.3) is 0 Å². The number of carbonyl (C=O) groups is 1. The van der Waals surface area contributed by atoms with Crippen LogP contribution < -0.4 is 10.2 Å². The van der Waals surface area contributed by atoms with Crippen LogP contribution in [0.1, 0.15) is 24.0 Å². The van der Waals surface area contributed by atoms with Gasteiger partial charge in [0.1, 0.15) is 16.8 Å². The van der Waals surface area contributed by atoms with E-state index < -0.39 is 16.1 Å². The second kappa shape index (κ2) is 8.75. The van der Waals surface area contributed by atoms with Crippen molar-refractivity contribution in [2.75, 3.05) is 44.7 Å². The molecule has 33 heavy (non-hydrogen) atoms. The number of anilines is 1. The van der Waals surface area contributed by atoms with Gasteiger partial charge in [-0.2, -0.15) is 8.42 Å². The summed E-state index contributed by atoms with van der Waals surface area (Å²) in [7, 11) is -1.61. The molecule has 174 valence electrons. The van der Waals surface area contributed by atoms with Gasteiger partial charge in [0.2, 0.25) is 5.91 Å². The predicted molar refractivity (Wildman–Crippen MR) is 126 cm³/mol. The molecule has 0 spiro atoms. The Hall–Kier alpha value is -2.98. The van der Waals surface area contributed by atoms with Crippen LogP contribution in [0.2, 0.25) is 0 Å². The first-order valence-electron chi connectivity index (χ1n) is 11.3. The number of sulfonamides is 1. The number of hydrogen-bond donors (Lipinski definition) is 1. The molecular weight excluding hydrogens is 440 g/mol. The van der Waals surface area contributed by atoms with Crippen molar-refractivity contribution < 1.29 is 13.2 Å². The lowest BCUT2D eigenvalue weighted by atomic mass is 10.1. The number of likely N-dealkylation sites (N-methyl/N-ethyl adjacent to an activating group) is 1. The lowest BCUT2D eigenvalue weighted by Gasteiger charge is -2.34. The van der Waals surface area contributed by atoms with Crippen LogP contribution in [0.15, 0.2) is 51.9 Å². The Labute approximate surface area is 194 Å². The Kier molecular flexibility index (Phi) is 5.79. The molecule has 4 heterocycles. The monoisotopic (exact) mass is 468 g/mol. The number of aromatic nitrogens is 1. The standard InChI is InChI=1S/C23H28N6O3S/c1-27-12-14-28(15-13-27)21-17(6-4-10-24-21)16-25-23(30)19-8-5-11-29(19)22-18-7-2-3-9-20(18)33(31,32)26-22/h2-4,6-7,9-10,19H,5,8,11-16H2,1H3,(H,25,30)/t19-/m0/s1. The number of likely N-dealkylation sites (tertiary alicyclic amines) is 1. The number of pyridine rings is 1. The van der Waals surface area contributed by atoms with Gasteiger partial charge in [-0.1, -0.05) is 18.2 Å². The van der Waals surface area contributed by atoms with Crippen molar-refractivity contribution in [2.45, 2.75) is 30.3 Å². The van der Waals surface area contributed by atoms with Gasteiger partial charge in [-0.25, -0.2) is 4.98 Å². The van der Waals surface area contributed by atoms with Gasteiger partial charge in [-0.15, -0.1) is 4.40 Å². The van der Waals surface area contributed by atoms with Gasteiger partial charge < -0.3 is 20.0 Å². The number of carbonyl (C=O) groups excluding carboxylic acids is 1. The molecule has 10 heteroatoms. The first-order valence-corrected chi connectivity index (χ1v) is 12.7. The van der Waals surface area contributed by atoms with Gasteiger partial charge in [0.05, 0.1) is 0 Å². The van der Waals surface area contributed by atoms with E-state index in [1.807, 2.05) is 17.0 Å². The highest BCUT2D eigenvalue weighted by atomic mass is 32.2. The first kappa shape index (κ1) is 21.8. The van der Waals surface area contributed by atoms with Crippen LogP contribution in [-0.2, 0) is 21.4 Å². The van der Waals surface area contributed by atoms with E-state index in [2.05, 4.69) is 31.5 Å². The molecule has 0 unspecified atom stereocenters. The molecule has 9 nitrogen and oxygen atoms in total. The fraction of sp³-hybridized carbons (Fsp3) is 0.435. The summed E-state index contributed by atoms with van der Waals surface area (Å²) in [6, 6.07) is 10.2. The first-order chi connectivity index (χ1) is 15.9. The van der Waals surface area contributed by atoms with E-state index in [9.17, 15) is 13.2 Å². The predicted octanol–water partition coefficient (Wildman–Crippen LogP) is 1.06. The Balaban J connectivity index is 1.31. The van der Waals surface area contributed by atoms with E-state index in [0.29, 0.717) is 30.9 Å². The molecule has 1 amide bonds. The highest BCUT2D eigenvalue weighted by Gasteiger charge is 2.39. The van der Waals surface area contributed by atoms with Gasteiger partial charge in [0.15, 0.2) is 5.84 Å². The third-order valence-electron chi connectivity index (χ3n) is 6.56. The molecule has 2 aromatic rings. The molecule has 1 aromatic carbocycles. The summed E-state index contributed by atoms with van der Waals surface area (Å²) in [5.74, 6) is 1.17. The third kappa shape index (κ3) is 4.20. The molecule has 3 aliphatic heterocycles. The van der Waals surface area contributed by atoms with Crippen molar-refractivity contribution in [3.05, 3.63) is 53.7 Å². The van der Waals surface area contributed by atoms with Crippen molar-refractivity contribution in [3.63, 3.8) is 0 Å². The average Bonchev–Trinajstić information content (AvgIpc) is 3.41. The van der Waals surface area contributed by atoms with E-state index in [0.717, 1.165) is 44.0 Å². The number of piperazine rings is 1. The lowest BCUT2D eigenvalue weighted by Crippen LogP contribution is -2.46. The number of amides is 1. The Bertz CT molecular complexity index is 1190. The SMILES string of the molecule is CN1CCN(c2ncccc2CNC(=O)[C@@H]2CCCN2C2=NS(=O)(=O)c3ccccc32)CC1. The van der Waals surface area contributed by atoms with Crippen molar-refractivity contribution in [3.8, 4) is 0 Å². The zero-order valence-corrected chi connectivity index (χ0v) is 19.5. The van der Waals surface area contributed by atoms with Crippen LogP contribution >= 0.6 is 0 Å². The number of benzene rings is 1. The smallest absolute Gasteiger partial charge is 0.285 e. The highest BCUT2D eigenvalue weighted by molar-refractivity contribution is 7.90. The molecule has 0 bridgehead atoms. The second-order valence-electron chi connectivity index (χ2n) is 8.73. The Morgan fingerprint density at radius 2 is 1.88 bits per heavy atom. The summed E-state index contributed by atoms with van der Waals surface area (Å²) in [6.07, 6.45) is 3.25. The van der Waals surface area contributed by atoms with Gasteiger partial charge in [0, 0.05) is 56.6 Å². The maximum Gasteiger partial charge on any atom is 0.285 e. The number of rotatable bonds is 4. The minimum Gasteiger partial charge on any atom is -0.354 e. The highest BCUT2D eigenvalue weighted by Crippen LogP contribution is 2.31. The third-order valence-corrected chi connectivity index (χ3v) is 7.89. The summed E-state index contributed by atoms with van der Waals surface area (Å²) < 4.78 is 29.0. The molecule has 5 rings (SSSR count). The summed E-state index contributed by atoms with van der Waals surface area (Å²) in [4.78, 5) is 24.4. The number of nitrogens with zero attached hydrogens (tertiary/aromatic N) is 5. The summed E-state index contributed by atoms with van der Waals surface area (Å²) in [6.45, 7) is 4.73. The fourth-order valence-electron chi connectivity index (χ4n) is 4.76. The number of fused-ring (bicyclic) bond motifs is 1. The number of nitrogens with one attached hydrogen (secondary N) is 1. The summed E-state index contributed by atoms with van der Waals surface area (Å²) in [5.41, 5.74) is 1.55. The van der Waals surface area contributed by atoms with E-state index in [1.165, 1.54) is 0 Å². The van der Waals surface area contributed by atoms with Crippen LogP contribution in [0.4, 0.5) is 5.82 Å². The van der Waals surface area contributed by atoms with E-state index in [1.54, 1.807) is 30.5 Å². The van der Waals surface area contributed by atoms with Crippen molar-refractivity contribution >= 4 is 27.6 Å². The van der Waals surface area contributed by atoms with E-state index in [4.69, 9.17) is 0 Å². The van der Waals surface area contributed by atoms with Gasteiger partial charge in [-0.05, 0) is 38.1 Å². The zero-order valence-electron chi connectivity index (χ0n) is 18.6. The molecule has 0 aliphatic carbocycles. The average molecular weight is 469 g/mol. The van der Waals surface area contributed by atoms with Crippen molar-refractivity contribution in [2.24, 2.45) is 4.40 Å². The Morgan fingerprint density at radius 1 is 1.09 bits per heavy atom. The van der Waals surface area contributed by atoms with Crippen molar-refractivity contribution in [1.29, 1.82) is 0 Å². The Morgan fingerprint density at radius 3 is 2.70 bits per heavy atom. The number of hydrogen-bond acceptors (Lipinski definition) is 7. The van der Waals surface area contributed by atoms with Crippen LogP contribution in [0.3, 0.4) is 0 Å². The van der Waals surface area contributed by atoms with E-state index >= 15 is 0 Å². The zero-order chi connectivity index (χ0) is 23.0. The topological polar surface area (TPSA) is 98.2 Å². The van der Waals surface area contributed by atoms with Crippen LogP contribution in [0.5, 0.6) is 0 Å². The molecule has 1 N–H and O–H groups in total. The molecule has 3 aliphatic rings. The van der Waals surface area contributed by atoms with Crippen molar-refractivity contribution in [1.82, 2.24) is 20.1 Å². The molecule has 2 saturated heterocycles. The normalized spacial score (nSPS) is 22.2. The second-order valence-corrected chi connectivity index (χ2v) is 10.3. The quantitative estimate of drug-likeness (QED) is 0.717. The molecule has 0 radical (unpaired) electrons. The molecule has 1 atom stereocenters. The van der Waals surface area contributed by atoms with E-state index in [-0.39, 0.29) is 10.8 Å². The molecular formula is C23H28N6O3S. The molecule has 2 fully saturated rings. The molecule has 0 saturated carbocycles. The maximum absolute atomic E-state index is 13.2. The summed E-state index contributed by atoms with van der Waals surface area (Å²) >= 11 is 0. The largest absolute Gasteiger partial charge is 0.354 e. The van der Waals surface area contributed by atoms with Gasteiger partial charge in [0.25, 0.3) is 10.0 Å². The maximum atomic E-state index is 13.2. The fourth-order valence-corrected chi connectivity index (χ4v) is 5.98. The minimum absolute atomic E-state index is 0.120. The van der Waals surface area contributed by atoms with Crippen LogP contribution in [0, 0.1) is 0 Å². The van der Waals surface area contributed by atoms with Crippen LogP contribution in [-0.4, -0.2) is 80.8 Å². The lowest BCUT2D eigenvalue weighted by molar-refractivity contribution is -0.124. The summed E-state index contributed by atoms with van der Waals surface area (Å²) in [5, 5.41) is 3.07.